The van der Waals surface area contributed by atoms with Gasteiger partial charge in [-0.25, -0.2) is 14.4 Å². The van der Waals surface area contributed by atoms with Crippen LogP contribution in [0.3, 0.4) is 0 Å². The number of carbonyl (C=O) groups is 1. The maximum absolute atomic E-state index is 14.8. The summed E-state index contributed by atoms with van der Waals surface area (Å²) in [6.45, 7) is 4.26. The highest BCUT2D eigenvalue weighted by Crippen LogP contribution is 2.31. The van der Waals surface area contributed by atoms with Gasteiger partial charge < -0.3 is 4.90 Å². The topological polar surface area (TPSA) is 76.8 Å². The molecule has 4 rings (SSSR count). The highest BCUT2D eigenvalue weighted by molar-refractivity contribution is 5.99. The number of carbonyl (C=O) groups excluding carboxylic acids is 1. The molecular formula is C23H24F4N6O. The van der Waals surface area contributed by atoms with Crippen LogP contribution in [0, 0.1) is 18.7 Å². The van der Waals surface area contributed by atoms with Gasteiger partial charge in [0.15, 0.2) is 5.82 Å². The molecule has 11 heteroatoms. The van der Waals surface area contributed by atoms with Gasteiger partial charge in [-0.3, -0.25) is 4.79 Å². The summed E-state index contributed by atoms with van der Waals surface area (Å²) in [5.74, 6) is -0.507. The van der Waals surface area contributed by atoms with Crippen LogP contribution in [-0.4, -0.2) is 48.4 Å². The Balaban J connectivity index is 1.60. The molecule has 0 spiro atoms. The first-order valence-electron chi connectivity index (χ1n) is 11.0. The third kappa shape index (κ3) is 4.78. The number of hydrogen-bond acceptors (Lipinski definition) is 5. The first-order valence-corrected chi connectivity index (χ1v) is 11.0. The van der Waals surface area contributed by atoms with E-state index in [1.807, 2.05) is 6.92 Å². The molecule has 1 aliphatic rings. The molecule has 0 aliphatic carbocycles. The van der Waals surface area contributed by atoms with Crippen LogP contribution in [0.1, 0.15) is 53.5 Å². The van der Waals surface area contributed by atoms with E-state index in [2.05, 4.69) is 20.2 Å². The van der Waals surface area contributed by atoms with Crippen molar-refractivity contribution in [1.29, 1.82) is 0 Å². The third-order valence-electron chi connectivity index (χ3n) is 6.24. The van der Waals surface area contributed by atoms with Crippen molar-refractivity contribution in [1.82, 2.24) is 29.9 Å². The normalized spacial score (nSPS) is 18.8. The highest BCUT2D eigenvalue weighted by Gasteiger charge is 2.35. The Kier molecular flexibility index (Phi) is 6.63. The summed E-state index contributed by atoms with van der Waals surface area (Å²) in [5.41, 5.74) is -0.110. The molecule has 2 atom stereocenters. The summed E-state index contributed by atoms with van der Waals surface area (Å²) in [4.78, 5) is 24.3. The van der Waals surface area contributed by atoms with Crippen molar-refractivity contribution in [2.24, 2.45) is 5.92 Å². The Morgan fingerprint density at radius 3 is 2.47 bits per heavy atom. The number of nitrogens with zero attached hydrogens (tertiary/aromatic N) is 6. The fourth-order valence-corrected chi connectivity index (χ4v) is 4.46. The van der Waals surface area contributed by atoms with E-state index >= 15 is 0 Å². The van der Waals surface area contributed by atoms with Gasteiger partial charge in [0.2, 0.25) is 0 Å². The fraction of sp³-hybridized carbons (Fsp3) is 0.435. The number of hydrogen-bond donors (Lipinski definition) is 0. The zero-order valence-corrected chi connectivity index (χ0v) is 18.8. The molecule has 0 radical (unpaired) electrons. The van der Waals surface area contributed by atoms with Gasteiger partial charge in [0, 0.05) is 31.4 Å². The number of halogens is 4. The molecule has 7 nitrogen and oxygen atoms in total. The van der Waals surface area contributed by atoms with E-state index in [0.29, 0.717) is 24.9 Å². The van der Waals surface area contributed by atoms with Crippen molar-refractivity contribution in [3.8, 4) is 5.69 Å². The van der Waals surface area contributed by atoms with Gasteiger partial charge in [0.1, 0.15) is 11.5 Å². The molecule has 1 aromatic carbocycles. The van der Waals surface area contributed by atoms with E-state index in [0.717, 1.165) is 30.0 Å². The Morgan fingerprint density at radius 1 is 1.15 bits per heavy atom. The predicted molar refractivity (Wildman–Crippen MR) is 115 cm³/mol. The smallest absolute Gasteiger partial charge is 0.335 e. The molecule has 1 fully saturated rings. The van der Waals surface area contributed by atoms with E-state index in [-0.39, 0.29) is 34.9 Å². The molecule has 0 saturated carbocycles. The standard InChI is InChI=1S/C23H24F4N6O/c1-14-4-3-11-32(18(14)7-8-19-28-12-16(13-29-19)23(25,26)27)22(34)20-15(2)5-6-17(24)21(20)33-30-9-10-31-33/h5-6,9-10,12-14,18H,3-4,7-8,11H2,1-2H3/t14-,18-/m1/s1. The molecule has 0 bridgehead atoms. The van der Waals surface area contributed by atoms with Crippen LogP contribution in [0.2, 0.25) is 0 Å². The lowest BCUT2D eigenvalue weighted by molar-refractivity contribution is -0.138. The van der Waals surface area contributed by atoms with Crippen LogP contribution >= 0.6 is 0 Å². The van der Waals surface area contributed by atoms with Crippen LogP contribution in [0.15, 0.2) is 36.9 Å². The van der Waals surface area contributed by atoms with Crippen LogP contribution in [0.25, 0.3) is 5.69 Å². The molecule has 0 N–H and O–H groups in total. The first-order chi connectivity index (χ1) is 16.2. The lowest BCUT2D eigenvalue weighted by Gasteiger charge is -2.40. The quantitative estimate of drug-likeness (QED) is 0.511. The maximum atomic E-state index is 14.8. The summed E-state index contributed by atoms with van der Waals surface area (Å²) >= 11 is 0. The number of aromatic nitrogens is 5. The molecule has 3 aromatic rings. The molecular weight excluding hydrogens is 452 g/mol. The molecule has 2 aromatic heterocycles. The van der Waals surface area contributed by atoms with Gasteiger partial charge in [-0.15, -0.1) is 4.80 Å². The summed E-state index contributed by atoms with van der Waals surface area (Å²) < 4.78 is 53.2. The molecule has 1 aliphatic heterocycles. The fourth-order valence-electron chi connectivity index (χ4n) is 4.46. The first kappa shape index (κ1) is 23.8. The minimum atomic E-state index is -4.50. The van der Waals surface area contributed by atoms with Crippen molar-refractivity contribution in [2.45, 2.75) is 51.7 Å². The summed E-state index contributed by atoms with van der Waals surface area (Å²) in [7, 11) is 0. The Labute approximate surface area is 193 Å². The van der Waals surface area contributed by atoms with Crippen molar-refractivity contribution in [3.05, 3.63) is 65.3 Å². The predicted octanol–water partition coefficient (Wildman–Crippen LogP) is 4.40. The van der Waals surface area contributed by atoms with Crippen LogP contribution < -0.4 is 0 Å². The van der Waals surface area contributed by atoms with Gasteiger partial charge in [-0.2, -0.15) is 23.4 Å². The molecule has 3 heterocycles. The van der Waals surface area contributed by atoms with Crippen molar-refractivity contribution in [3.63, 3.8) is 0 Å². The lowest BCUT2D eigenvalue weighted by atomic mass is 9.87. The van der Waals surface area contributed by atoms with Crippen LogP contribution in [0.5, 0.6) is 0 Å². The Bertz CT molecular complexity index is 1150. The van der Waals surface area contributed by atoms with E-state index in [4.69, 9.17) is 0 Å². The summed E-state index contributed by atoms with van der Waals surface area (Å²) in [5, 5.41) is 8.02. The van der Waals surface area contributed by atoms with Gasteiger partial charge in [-0.05, 0) is 43.7 Å². The number of benzene rings is 1. The monoisotopic (exact) mass is 476 g/mol. The minimum Gasteiger partial charge on any atom is -0.335 e. The number of amides is 1. The zero-order chi connectivity index (χ0) is 24.5. The summed E-state index contributed by atoms with van der Waals surface area (Å²) in [6, 6.07) is 2.63. The number of aryl methyl sites for hydroxylation is 2. The molecule has 34 heavy (non-hydrogen) atoms. The summed E-state index contributed by atoms with van der Waals surface area (Å²) in [6.07, 6.45) is 2.35. The molecule has 1 amide bonds. The second kappa shape index (κ2) is 9.47. The van der Waals surface area contributed by atoms with E-state index < -0.39 is 17.6 Å². The van der Waals surface area contributed by atoms with Crippen LogP contribution in [0.4, 0.5) is 17.6 Å². The van der Waals surface area contributed by atoms with Crippen molar-refractivity contribution in [2.75, 3.05) is 6.54 Å². The average Bonchev–Trinajstić information content (AvgIpc) is 3.33. The largest absolute Gasteiger partial charge is 0.419 e. The SMILES string of the molecule is Cc1ccc(F)c(-n2nccn2)c1C(=O)N1CCC[C@@H](C)[C@H]1CCc1ncc(C(F)(F)F)cn1. The van der Waals surface area contributed by atoms with E-state index in [9.17, 15) is 22.4 Å². The minimum absolute atomic E-state index is 0.00181. The lowest BCUT2D eigenvalue weighted by Crippen LogP contribution is -2.48. The second-order valence-corrected chi connectivity index (χ2v) is 8.52. The number of likely N-dealkylation sites (tertiary alicyclic amines) is 1. The van der Waals surface area contributed by atoms with Gasteiger partial charge in [0.25, 0.3) is 5.91 Å². The molecule has 0 unspecified atom stereocenters. The number of rotatable bonds is 5. The Morgan fingerprint density at radius 2 is 1.82 bits per heavy atom. The molecule has 180 valence electrons. The van der Waals surface area contributed by atoms with Crippen molar-refractivity contribution >= 4 is 5.91 Å². The van der Waals surface area contributed by atoms with Crippen molar-refractivity contribution < 1.29 is 22.4 Å². The third-order valence-corrected chi connectivity index (χ3v) is 6.24. The Hall–Kier alpha value is -3.37. The second-order valence-electron chi connectivity index (χ2n) is 8.52. The van der Waals surface area contributed by atoms with Gasteiger partial charge in [0.05, 0.1) is 23.5 Å². The van der Waals surface area contributed by atoms with E-state index in [1.165, 1.54) is 18.5 Å². The van der Waals surface area contributed by atoms with Gasteiger partial charge in [-0.1, -0.05) is 13.0 Å². The zero-order valence-electron chi connectivity index (χ0n) is 18.8. The molecule has 1 saturated heterocycles. The number of piperidine rings is 1. The van der Waals surface area contributed by atoms with Gasteiger partial charge >= 0.3 is 6.18 Å². The maximum Gasteiger partial charge on any atom is 0.419 e. The highest BCUT2D eigenvalue weighted by atomic mass is 19.4. The number of alkyl halides is 3. The average molecular weight is 476 g/mol. The van der Waals surface area contributed by atoms with E-state index in [1.54, 1.807) is 17.9 Å². The van der Waals surface area contributed by atoms with Crippen LogP contribution in [-0.2, 0) is 12.6 Å².